The van der Waals surface area contributed by atoms with Gasteiger partial charge in [-0.05, 0) is 12.5 Å². The van der Waals surface area contributed by atoms with E-state index in [2.05, 4.69) is 5.32 Å². The molecule has 3 atom stereocenters. The van der Waals surface area contributed by atoms with E-state index in [4.69, 9.17) is 4.74 Å². The molecule has 0 amide bonds. The Labute approximate surface area is 117 Å². The average molecular weight is 285 g/mol. The molecular weight excluding hydrogens is 262 g/mol. The van der Waals surface area contributed by atoms with Gasteiger partial charge in [0.2, 0.25) is 0 Å². The number of benzene rings is 1. The van der Waals surface area contributed by atoms with Crippen LogP contribution in [0.4, 0.5) is 0 Å². The fraction of sp³-hybridized carbons (Fsp3) is 0.571. The van der Waals surface area contributed by atoms with Crippen LogP contribution in [0, 0.1) is 0 Å². The van der Waals surface area contributed by atoms with Crippen molar-refractivity contribution in [2.75, 3.05) is 25.2 Å². The third kappa shape index (κ3) is 8.10. The van der Waals surface area contributed by atoms with Crippen molar-refractivity contribution >= 4 is 10.8 Å². The van der Waals surface area contributed by atoms with E-state index in [1.54, 1.807) is 6.26 Å². The molecule has 0 saturated heterocycles. The first-order valence-corrected chi connectivity index (χ1v) is 8.13. The second-order valence-electron chi connectivity index (χ2n) is 4.70. The molecule has 1 aromatic carbocycles. The van der Waals surface area contributed by atoms with Crippen molar-refractivity contribution in [3.63, 3.8) is 0 Å². The molecule has 0 radical (unpaired) electrons. The third-order valence-corrected chi connectivity index (χ3v) is 3.58. The molecule has 0 aliphatic carbocycles. The molecule has 0 aromatic heterocycles. The number of aliphatic hydroxyl groups excluding tert-OH is 1. The fourth-order valence-electron chi connectivity index (χ4n) is 1.69. The van der Waals surface area contributed by atoms with Crippen molar-refractivity contribution in [2.45, 2.75) is 25.7 Å². The van der Waals surface area contributed by atoms with Crippen molar-refractivity contribution < 1.29 is 14.1 Å². The van der Waals surface area contributed by atoms with Gasteiger partial charge in [0, 0.05) is 35.4 Å². The van der Waals surface area contributed by atoms with E-state index < -0.39 is 16.9 Å². The Hall–Kier alpha value is -0.750. The lowest BCUT2D eigenvalue weighted by Gasteiger charge is -2.16. The number of ether oxygens (including phenoxy) is 1. The molecule has 0 bridgehead atoms. The van der Waals surface area contributed by atoms with Gasteiger partial charge in [0.15, 0.2) is 0 Å². The Kier molecular flexibility index (Phi) is 7.90. The predicted molar refractivity (Wildman–Crippen MR) is 78.5 cm³/mol. The van der Waals surface area contributed by atoms with Gasteiger partial charge in [-0.3, -0.25) is 4.21 Å². The van der Waals surface area contributed by atoms with Gasteiger partial charge in [-0.25, -0.2) is 0 Å². The molecule has 0 fully saturated rings. The van der Waals surface area contributed by atoms with Gasteiger partial charge in [0.1, 0.15) is 0 Å². The number of rotatable bonds is 9. The highest BCUT2D eigenvalue weighted by atomic mass is 32.2. The van der Waals surface area contributed by atoms with Crippen LogP contribution in [-0.4, -0.2) is 46.6 Å². The van der Waals surface area contributed by atoms with Crippen LogP contribution in [0.1, 0.15) is 12.5 Å². The molecule has 0 heterocycles. The molecule has 3 unspecified atom stereocenters. The summed E-state index contributed by atoms with van der Waals surface area (Å²) < 4.78 is 16.5. The highest BCUT2D eigenvalue weighted by Crippen LogP contribution is 2.00. The Morgan fingerprint density at radius 3 is 2.68 bits per heavy atom. The molecule has 4 nitrogen and oxygen atoms in total. The minimum absolute atomic E-state index is 0.134. The Morgan fingerprint density at radius 2 is 2.05 bits per heavy atom. The van der Waals surface area contributed by atoms with Crippen molar-refractivity contribution in [1.29, 1.82) is 0 Å². The Morgan fingerprint density at radius 1 is 1.37 bits per heavy atom. The maximum Gasteiger partial charge on any atom is 0.0897 e. The van der Waals surface area contributed by atoms with Crippen LogP contribution >= 0.6 is 0 Å². The normalized spacial score (nSPS) is 15.9. The monoisotopic (exact) mass is 285 g/mol. The molecular formula is C14H23NO3S. The summed E-state index contributed by atoms with van der Waals surface area (Å²) in [5.74, 6) is 0.595. The first-order chi connectivity index (χ1) is 9.08. The summed E-state index contributed by atoms with van der Waals surface area (Å²) in [7, 11) is -0.816. The van der Waals surface area contributed by atoms with Crippen LogP contribution in [0.5, 0.6) is 0 Å². The molecule has 2 N–H and O–H groups in total. The highest BCUT2D eigenvalue weighted by Gasteiger charge is 2.08. The minimum Gasteiger partial charge on any atom is -0.389 e. The van der Waals surface area contributed by atoms with Gasteiger partial charge in [-0.1, -0.05) is 30.3 Å². The van der Waals surface area contributed by atoms with Crippen molar-refractivity contribution in [2.24, 2.45) is 0 Å². The topological polar surface area (TPSA) is 58.6 Å². The maximum absolute atomic E-state index is 11.0. The molecule has 1 rings (SSSR count). The van der Waals surface area contributed by atoms with Gasteiger partial charge in [-0.2, -0.15) is 0 Å². The van der Waals surface area contributed by atoms with Crippen molar-refractivity contribution in [1.82, 2.24) is 5.32 Å². The van der Waals surface area contributed by atoms with E-state index in [-0.39, 0.29) is 6.04 Å². The van der Waals surface area contributed by atoms with Crippen LogP contribution in [0.3, 0.4) is 0 Å². The summed E-state index contributed by atoms with van der Waals surface area (Å²) in [5.41, 5.74) is 1.09. The quantitative estimate of drug-likeness (QED) is 0.708. The van der Waals surface area contributed by atoms with Gasteiger partial charge in [0.25, 0.3) is 0 Å². The summed E-state index contributed by atoms with van der Waals surface area (Å²) in [5, 5.41) is 12.9. The molecule has 19 heavy (non-hydrogen) atoms. The maximum atomic E-state index is 11.0. The van der Waals surface area contributed by atoms with Gasteiger partial charge < -0.3 is 15.2 Å². The SMILES string of the molecule is CC(CS(C)=O)NCC(O)COCc1ccccc1. The lowest BCUT2D eigenvalue weighted by atomic mass is 10.2. The Balaban J connectivity index is 2.11. The molecule has 108 valence electrons. The summed E-state index contributed by atoms with van der Waals surface area (Å²) in [6.45, 7) is 3.21. The van der Waals surface area contributed by atoms with E-state index in [9.17, 15) is 9.32 Å². The molecule has 5 heteroatoms. The van der Waals surface area contributed by atoms with Crippen LogP contribution in [0.2, 0.25) is 0 Å². The van der Waals surface area contributed by atoms with Gasteiger partial charge >= 0.3 is 0 Å². The second kappa shape index (κ2) is 9.20. The van der Waals surface area contributed by atoms with Gasteiger partial charge in [-0.15, -0.1) is 0 Å². The van der Waals surface area contributed by atoms with E-state index >= 15 is 0 Å². The second-order valence-corrected chi connectivity index (χ2v) is 6.18. The fourth-order valence-corrected chi connectivity index (χ4v) is 2.52. The Bertz CT molecular complexity index is 372. The molecule has 0 spiro atoms. The summed E-state index contributed by atoms with van der Waals surface area (Å²) in [6.07, 6.45) is 1.13. The number of hydrogen-bond acceptors (Lipinski definition) is 4. The van der Waals surface area contributed by atoms with E-state index in [0.29, 0.717) is 25.5 Å². The minimum atomic E-state index is -0.816. The summed E-state index contributed by atoms with van der Waals surface area (Å²) in [6, 6.07) is 10.00. The highest BCUT2D eigenvalue weighted by molar-refractivity contribution is 7.84. The van der Waals surface area contributed by atoms with E-state index in [1.165, 1.54) is 0 Å². The van der Waals surface area contributed by atoms with Crippen LogP contribution in [-0.2, 0) is 22.1 Å². The van der Waals surface area contributed by atoms with Gasteiger partial charge in [0.05, 0.1) is 19.3 Å². The van der Waals surface area contributed by atoms with Crippen molar-refractivity contribution in [3.8, 4) is 0 Å². The standard InChI is InChI=1S/C14H23NO3S/c1-12(11-19(2)17)15-8-14(16)10-18-9-13-6-4-3-5-7-13/h3-7,12,14-16H,8-11H2,1-2H3. The average Bonchev–Trinajstić information content (AvgIpc) is 2.37. The molecule has 1 aromatic rings. The number of nitrogens with one attached hydrogen (secondary N) is 1. The lowest BCUT2D eigenvalue weighted by Crippen LogP contribution is -2.38. The lowest BCUT2D eigenvalue weighted by molar-refractivity contribution is 0.0281. The van der Waals surface area contributed by atoms with Crippen LogP contribution in [0.25, 0.3) is 0 Å². The zero-order chi connectivity index (χ0) is 14.1. The molecule has 0 aliphatic heterocycles. The molecule has 0 saturated carbocycles. The van der Waals surface area contributed by atoms with E-state index in [0.717, 1.165) is 5.56 Å². The predicted octanol–water partition coefficient (Wildman–Crippen LogP) is 0.921. The van der Waals surface area contributed by atoms with Crippen molar-refractivity contribution in [3.05, 3.63) is 35.9 Å². The van der Waals surface area contributed by atoms with Crippen LogP contribution < -0.4 is 5.32 Å². The summed E-state index contributed by atoms with van der Waals surface area (Å²) in [4.78, 5) is 0. The van der Waals surface area contributed by atoms with Crippen LogP contribution in [0.15, 0.2) is 30.3 Å². The number of aliphatic hydroxyl groups is 1. The zero-order valence-electron chi connectivity index (χ0n) is 11.5. The molecule has 0 aliphatic rings. The third-order valence-electron chi connectivity index (χ3n) is 2.61. The zero-order valence-corrected chi connectivity index (χ0v) is 12.4. The summed E-state index contributed by atoms with van der Waals surface area (Å²) >= 11 is 0. The smallest absolute Gasteiger partial charge is 0.0897 e. The first-order valence-electron chi connectivity index (χ1n) is 6.41. The number of hydrogen-bond donors (Lipinski definition) is 2. The first kappa shape index (κ1) is 16.3. The largest absolute Gasteiger partial charge is 0.389 e. The van der Waals surface area contributed by atoms with E-state index in [1.807, 2.05) is 37.3 Å².